The van der Waals surface area contributed by atoms with Gasteiger partial charge < -0.3 is 5.73 Å². The van der Waals surface area contributed by atoms with Crippen LogP contribution in [0.1, 0.15) is 0 Å². The van der Waals surface area contributed by atoms with E-state index >= 15 is 0 Å². The van der Waals surface area contributed by atoms with Crippen LogP contribution in [0.4, 0.5) is 5.69 Å². The number of anilines is 1. The Labute approximate surface area is 71.2 Å². The van der Waals surface area contributed by atoms with E-state index in [-0.39, 0.29) is 0 Å². The molecular formula is C6H5BrN4. The standard InChI is InChI=1S/C6H5BrN4/c7-6-9-5-4(8)2-1-3-11(5)10-6/h1-3H,8H2. The molecule has 2 rings (SSSR count). The fourth-order valence-corrected chi connectivity index (χ4v) is 1.24. The Hall–Kier alpha value is -1.10. The number of nitrogens with two attached hydrogens (primary N) is 1. The minimum absolute atomic E-state index is 0.551. The zero-order valence-corrected chi connectivity index (χ0v) is 7.12. The molecule has 0 fully saturated rings. The van der Waals surface area contributed by atoms with E-state index in [1.165, 1.54) is 0 Å². The van der Waals surface area contributed by atoms with E-state index in [4.69, 9.17) is 5.73 Å². The van der Waals surface area contributed by atoms with Gasteiger partial charge in [0.15, 0.2) is 5.65 Å². The molecule has 0 aliphatic heterocycles. The molecule has 0 aromatic carbocycles. The summed E-state index contributed by atoms with van der Waals surface area (Å²) >= 11 is 3.16. The van der Waals surface area contributed by atoms with E-state index in [9.17, 15) is 0 Å². The van der Waals surface area contributed by atoms with E-state index in [0.29, 0.717) is 16.1 Å². The van der Waals surface area contributed by atoms with Gasteiger partial charge in [0.25, 0.3) is 0 Å². The number of fused-ring (bicyclic) bond motifs is 1. The zero-order valence-electron chi connectivity index (χ0n) is 5.53. The largest absolute Gasteiger partial charge is 0.396 e. The maximum atomic E-state index is 5.63. The highest BCUT2D eigenvalue weighted by molar-refractivity contribution is 9.10. The second-order valence-electron chi connectivity index (χ2n) is 2.11. The number of nitrogen functional groups attached to an aromatic ring is 1. The second-order valence-corrected chi connectivity index (χ2v) is 2.82. The molecule has 2 aromatic heterocycles. The Kier molecular flexibility index (Phi) is 1.32. The molecular weight excluding hydrogens is 208 g/mol. The highest BCUT2D eigenvalue weighted by Crippen LogP contribution is 2.12. The lowest BCUT2D eigenvalue weighted by Gasteiger charge is -1.92. The molecule has 0 radical (unpaired) electrons. The van der Waals surface area contributed by atoms with Gasteiger partial charge in [-0.3, -0.25) is 0 Å². The molecule has 0 aliphatic carbocycles. The first-order valence-electron chi connectivity index (χ1n) is 3.04. The van der Waals surface area contributed by atoms with Crippen molar-refractivity contribution in [1.29, 1.82) is 0 Å². The van der Waals surface area contributed by atoms with Crippen LogP contribution < -0.4 is 5.73 Å². The number of rotatable bonds is 0. The first kappa shape index (κ1) is 6.60. The second kappa shape index (κ2) is 2.20. The van der Waals surface area contributed by atoms with Crippen LogP contribution in [0.15, 0.2) is 23.1 Å². The summed E-state index contributed by atoms with van der Waals surface area (Å²) in [5.74, 6) is 0. The van der Waals surface area contributed by atoms with Crippen LogP contribution in [0, 0.1) is 0 Å². The van der Waals surface area contributed by atoms with E-state index in [1.54, 1.807) is 16.8 Å². The molecule has 5 heteroatoms. The normalized spacial score (nSPS) is 10.6. The lowest BCUT2D eigenvalue weighted by Crippen LogP contribution is -1.91. The van der Waals surface area contributed by atoms with E-state index in [1.807, 2.05) is 6.07 Å². The smallest absolute Gasteiger partial charge is 0.218 e. The van der Waals surface area contributed by atoms with Crippen molar-refractivity contribution in [3.05, 3.63) is 23.1 Å². The molecule has 0 aliphatic rings. The zero-order chi connectivity index (χ0) is 7.84. The van der Waals surface area contributed by atoms with Gasteiger partial charge in [-0.15, -0.1) is 5.10 Å². The third-order valence-electron chi connectivity index (χ3n) is 1.37. The summed E-state index contributed by atoms with van der Waals surface area (Å²) in [7, 11) is 0. The molecule has 2 heterocycles. The molecule has 0 unspecified atom stereocenters. The Morgan fingerprint density at radius 3 is 3.09 bits per heavy atom. The van der Waals surface area contributed by atoms with Crippen molar-refractivity contribution in [2.24, 2.45) is 0 Å². The van der Waals surface area contributed by atoms with E-state index < -0.39 is 0 Å². The fourth-order valence-electron chi connectivity index (χ4n) is 0.901. The molecule has 2 N–H and O–H groups in total. The van der Waals surface area contributed by atoms with E-state index in [0.717, 1.165) is 0 Å². The molecule has 0 saturated carbocycles. The van der Waals surface area contributed by atoms with Gasteiger partial charge in [-0.2, -0.15) is 4.98 Å². The van der Waals surface area contributed by atoms with Gasteiger partial charge in [-0.1, -0.05) is 0 Å². The predicted molar refractivity (Wildman–Crippen MR) is 45.1 cm³/mol. The molecule has 0 spiro atoms. The molecule has 56 valence electrons. The molecule has 0 atom stereocenters. The third kappa shape index (κ3) is 0.970. The number of halogens is 1. The topological polar surface area (TPSA) is 56.2 Å². The quantitative estimate of drug-likeness (QED) is 0.712. The average molecular weight is 213 g/mol. The van der Waals surface area contributed by atoms with Crippen LogP contribution in [0.25, 0.3) is 5.65 Å². The highest BCUT2D eigenvalue weighted by atomic mass is 79.9. The maximum Gasteiger partial charge on any atom is 0.218 e. The summed E-state index contributed by atoms with van der Waals surface area (Å²) in [5, 5.41) is 4.02. The lowest BCUT2D eigenvalue weighted by molar-refractivity contribution is 0.947. The van der Waals surface area contributed by atoms with Crippen LogP contribution in [-0.2, 0) is 0 Å². The van der Waals surface area contributed by atoms with Crippen molar-refractivity contribution in [3.8, 4) is 0 Å². The number of aromatic nitrogens is 3. The summed E-state index contributed by atoms with van der Waals surface area (Å²) in [6.07, 6.45) is 1.80. The highest BCUT2D eigenvalue weighted by Gasteiger charge is 2.01. The van der Waals surface area contributed by atoms with Gasteiger partial charge in [-0.25, -0.2) is 4.52 Å². The minimum atomic E-state index is 0.551. The first-order valence-corrected chi connectivity index (χ1v) is 3.83. The van der Waals surface area contributed by atoms with Crippen LogP contribution in [0.2, 0.25) is 0 Å². The summed E-state index contributed by atoms with van der Waals surface area (Å²) in [6, 6.07) is 3.61. The van der Waals surface area contributed by atoms with Crippen molar-refractivity contribution in [2.75, 3.05) is 5.73 Å². The lowest BCUT2D eigenvalue weighted by atomic mass is 10.4. The Morgan fingerprint density at radius 1 is 1.55 bits per heavy atom. The monoisotopic (exact) mass is 212 g/mol. The van der Waals surface area contributed by atoms with Crippen molar-refractivity contribution in [2.45, 2.75) is 0 Å². The minimum Gasteiger partial charge on any atom is -0.396 e. The molecule has 2 aromatic rings. The number of hydrogen-bond acceptors (Lipinski definition) is 3. The summed E-state index contributed by atoms with van der Waals surface area (Å²) in [4.78, 5) is 4.06. The molecule has 11 heavy (non-hydrogen) atoms. The van der Waals surface area contributed by atoms with Gasteiger partial charge in [0, 0.05) is 6.20 Å². The van der Waals surface area contributed by atoms with Crippen LogP contribution in [-0.4, -0.2) is 14.6 Å². The van der Waals surface area contributed by atoms with E-state index in [2.05, 4.69) is 26.0 Å². The SMILES string of the molecule is Nc1cccn2nc(Br)nc12. The van der Waals surface area contributed by atoms with Crippen molar-refractivity contribution < 1.29 is 0 Å². The number of hydrogen-bond donors (Lipinski definition) is 1. The van der Waals surface area contributed by atoms with Crippen molar-refractivity contribution in [1.82, 2.24) is 14.6 Å². The van der Waals surface area contributed by atoms with Crippen LogP contribution >= 0.6 is 15.9 Å². The average Bonchev–Trinajstić information content (AvgIpc) is 2.31. The molecule has 0 saturated heterocycles. The third-order valence-corrected chi connectivity index (χ3v) is 1.70. The summed E-state index contributed by atoms with van der Waals surface area (Å²) in [6.45, 7) is 0. The molecule has 4 nitrogen and oxygen atoms in total. The van der Waals surface area contributed by atoms with Gasteiger partial charge in [0.2, 0.25) is 4.73 Å². The van der Waals surface area contributed by atoms with Gasteiger partial charge >= 0.3 is 0 Å². The molecule has 0 bridgehead atoms. The van der Waals surface area contributed by atoms with Crippen LogP contribution in [0.3, 0.4) is 0 Å². The van der Waals surface area contributed by atoms with Gasteiger partial charge in [0.05, 0.1) is 5.69 Å². The fraction of sp³-hybridized carbons (Fsp3) is 0. The van der Waals surface area contributed by atoms with Crippen LogP contribution in [0.5, 0.6) is 0 Å². The van der Waals surface area contributed by atoms with Gasteiger partial charge in [0.1, 0.15) is 0 Å². The maximum absolute atomic E-state index is 5.63. The Bertz CT molecular complexity index is 394. The van der Waals surface area contributed by atoms with Gasteiger partial charge in [-0.05, 0) is 28.1 Å². The predicted octanol–water partition coefficient (Wildman–Crippen LogP) is 1.07. The number of nitrogens with zero attached hydrogens (tertiary/aromatic N) is 3. The Balaban J connectivity index is 2.90. The number of pyridine rings is 1. The summed E-state index contributed by atoms with van der Waals surface area (Å²) in [5.41, 5.74) is 6.94. The Morgan fingerprint density at radius 2 is 2.36 bits per heavy atom. The summed E-state index contributed by atoms with van der Waals surface area (Å²) < 4.78 is 2.18. The first-order chi connectivity index (χ1) is 5.27. The molecule has 0 amide bonds. The van der Waals surface area contributed by atoms with Crippen molar-refractivity contribution in [3.63, 3.8) is 0 Å². The van der Waals surface area contributed by atoms with Crippen molar-refractivity contribution >= 4 is 27.3 Å².